The van der Waals surface area contributed by atoms with Gasteiger partial charge in [-0.2, -0.15) is 0 Å². The standard InChI is InChI=1S/C12H8Cl2F2N2O2S/c13-6-3-9(17)12(16)11(4-6)21(19,20)18-10-5-7(15)1-2-8(10)14/h1-5,18H,17H2. The van der Waals surface area contributed by atoms with Crippen LogP contribution >= 0.6 is 23.2 Å². The summed E-state index contributed by atoms with van der Waals surface area (Å²) in [5, 5.41) is -0.102. The molecular weight excluding hydrogens is 345 g/mol. The van der Waals surface area contributed by atoms with Gasteiger partial charge in [0.15, 0.2) is 5.82 Å². The summed E-state index contributed by atoms with van der Waals surface area (Å²) in [5.74, 6) is -1.86. The van der Waals surface area contributed by atoms with E-state index in [0.29, 0.717) is 0 Å². The van der Waals surface area contributed by atoms with E-state index in [9.17, 15) is 17.2 Å². The predicted molar refractivity (Wildman–Crippen MR) is 78.0 cm³/mol. The van der Waals surface area contributed by atoms with E-state index in [0.717, 1.165) is 30.3 Å². The summed E-state index contributed by atoms with van der Waals surface area (Å²) in [4.78, 5) is -0.757. The van der Waals surface area contributed by atoms with Crippen LogP contribution in [-0.4, -0.2) is 8.42 Å². The molecule has 2 aromatic carbocycles. The highest BCUT2D eigenvalue weighted by Gasteiger charge is 2.23. The Morgan fingerprint density at radius 1 is 1.10 bits per heavy atom. The number of rotatable bonds is 3. The molecule has 0 fully saturated rings. The largest absolute Gasteiger partial charge is 0.396 e. The van der Waals surface area contributed by atoms with E-state index in [-0.39, 0.29) is 15.7 Å². The van der Waals surface area contributed by atoms with Crippen molar-refractivity contribution in [2.45, 2.75) is 4.90 Å². The first-order valence-corrected chi connectivity index (χ1v) is 7.67. The van der Waals surface area contributed by atoms with Crippen LogP contribution in [0.25, 0.3) is 0 Å². The minimum absolute atomic E-state index is 0.0459. The average Bonchev–Trinajstić information content (AvgIpc) is 2.37. The molecule has 0 spiro atoms. The second-order valence-electron chi connectivity index (χ2n) is 4.04. The van der Waals surface area contributed by atoms with E-state index < -0.39 is 32.2 Å². The minimum atomic E-state index is -4.37. The van der Waals surface area contributed by atoms with Crippen LogP contribution in [0.2, 0.25) is 10.0 Å². The van der Waals surface area contributed by atoms with Crippen molar-refractivity contribution in [1.82, 2.24) is 0 Å². The zero-order valence-corrected chi connectivity index (χ0v) is 12.5. The smallest absolute Gasteiger partial charge is 0.264 e. The third kappa shape index (κ3) is 3.37. The summed E-state index contributed by atoms with van der Waals surface area (Å²) >= 11 is 11.4. The van der Waals surface area contributed by atoms with Gasteiger partial charge in [0.05, 0.1) is 16.4 Å². The van der Waals surface area contributed by atoms with E-state index in [1.54, 1.807) is 0 Å². The van der Waals surface area contributed by atoms with Crippen LogP contribution in [0.1, 0.15) is 0 Å². The lowest BCUT2D eigenvalue weighted by atomic mass is 10.3. The molecule has 0 aliphatic rings. The predicted octanol–water partition coefficient (Wildman–Crippen LogP) is 3.65. The van der Waals surface area contributed by atoms with Gasteiger partial charge in [0.25, 0.3) is 10.0 Å². The summed E-state index contributed by atoms with van der Waals surface area (Å²) in [6.45, 7) is 0. The van der Waals surface area contributed by atoms with Crippen LogP contribution in [0.4, 0.5) is 20.2 Å². The summed E-state index contributed by atoms with van der Waals surface area (Å²) in [5.41, 5.74) is 4.68. The van der Waals surface area contributed by atoms with E-state index in [1.807, 2.05) is 4.72 Å². The van der Waals surface area contributed by atoms with Gasteiger partial charge < -0.3 is 5.73 Å². The molecule has 0 bridgehead atoms. The number of nitrogens with two attached hydrogens (primary N) is 1. The molecule has 0 aliphatic heterocycles. The van der Waals surface area contributed by atoms with Crippen molar-refractivity contribution < 1.29 is 17.2 Å². The van der Waals surface area contributed by atoms with E-state index in [4.69, 9.17) is 28.9 Å². The molecule has 0 heterocycles. The van der Waals surface area contributed by atoms with Gasteiger partial charge in [-0.15, -0.1) is 0 Å². The zero-order chi connectivity index (χ0) is 15.8. The normalized spacial score (nSPS) is 11.4. The molecule has 0 unspecified atom stereocenters. The zero-order valence-electron chi connectivity index (χ0n) is 10.2. The first-order chi connectivity index (χ1) is 9.70. The molecule has 9 heteroatoms. The molecule has 0 amide bonds. The molecule has 4 nitrogen and oxygen atoms in total. The molecular formula is C12H8Cl2F2N2O2S. The molecule has 2 aromatic rings. The van der Waals surface area contributed by atoms with Crippen LogP contribution < -0.4 is 10.5 Å². The van der Waals surface area contributed by atoms with Gasteiger partial charge in [-0.3, -0.25) is 4.72 Å². The number of benzene rings is 2. The van der Waals surface area contributed by atoms with Crippen molar-refractivity contribution in [1.29, 1.82) is 0 Å². The van der Waals surface area contributed by atoms with Crippen LogP contribution in [0.3, 0.4) is 0 Å². The fourth-order valence-electron chi connectivity index (χ4n) is 1.56. The topological polar surface area (TPSA) is 72.2 Å². The maximum absolute atomic E-state index is 13.8. The third-order valence-electron chi connectivity index (χ3n) is 2.49. The van der Waals surface area contributed by atoms with Crippen molar-refractivity contribution in [3.05, 3.63) is 52.0 Å². The molecule has 0 aliphatic carbocycles. The van der Waals surface area contributed by atoms with Crippen LogP contribution in [0.5, 0.6) is 0 Å². The van der Waals surface area contributed by atoms with Gasteiger partial charge in [0, 0.05) is 5.02 Å². The highest BCUT2D eigenvalue weighted by atomic mass is 35.5. The van der Waals surface area contributed by atoms with Gasteiger partial charge in [0.1, 0.15) is 10.7 Å². The average molecular weight is 353 g/mol. The van der Waals surface area contributed by atoms with E-state index >= 15 is 0 Å². The third-order valence-corrected chi connectivity index (χ3v) is 4.41. The van der Waals surface area contributed by atoms with E-state index in [2.05, 4.69) is 0 Å². The number of sulfonamides is 1. The lowest BCUT2D eigenvalue weighted by molar-refractivity contribution is 0.573. The summed E-state index contributed by atoms with van der Waals surface area (Å²) < 4.78 is 53.2. The van der Waals surface area contributed by atoms with Crippen LogP contribution in [0.15, 0.2) is 35.2 Å². The van der Waals surface area contributed by atoms with Crippen LogP contribution in [0, 0.1) is 11.6 Å². The van der Waals surface area contributed by atoms with Gasteiger partial charge in [0.2, 0.25) is 0 Å². The van der Waals surface area contributed by atoms with Crippen molar-refractivity contribution in [2.75, 3.05) is 10.5 Å². The molecule has 3 N–H and O–H groups in total. The molecule has 0 aromatic heterocycles. The van der Waals surface area contributed by atoms with Crippen molar-refractivity contribution in [3.63, 3.8) is 0 Å². The van der Waals surface area contributed by atoms with Gasteiger partial charge >= 0.3 is 0 Å². The Labute approximate surface area is 129 Å². The monoisotopic (exact) mass is 352 g/mol. The number of nitrogens with one attached hydrogen (secondary N) is 1. The number of halogens is 4. The molecule has 21 heavy (non-hydrogen) atoms. The Hall–Kier alpha value is -1.57. The molecule has 0 saturated heterocycles. The molecule has 0 saturated carbocycles. The first kappa shape index (κ1) is 15.8. The summed E-state index contributed by atoms with van der Waals surface area (Å²) in [7, 11) is -4.37. The van der Waals surface area contributed by atoms with E-state index in [1.165, 1.54) is 0 Å². The Morgan fingerprint density at radius 3 is 2.43 bits per heavy atom. The van der Waals surface area contributed by atoms with Crippen molar-refractivity contribution in [2.24, 2.45) is 0 Å². The number of hydrogen-bond donors (Lipinski definition) is 2. The Bertz CT molecular complexity index is 813. The number of anilines is 2. The lowest BCUT2D eigenvalue weighted by Gasteiger charge is -2.11. The SMILES string of the molecule is Nc1cc(Cl)cc(S(=O)(=O)Nc2cc(F)ccc2Cl)c1F. The molecule has 0 radical (unpaired) electrons. The van der Waals surface area contributed by atoms with Crippen molar-refractivity contribution >= 4 is 44.6 Å². The number of nitrogen functional groups attached to an aromatic ring is 1. The Morgan fingerprint density at radius 2 is 1.76 bits per heavy atom. The van der Waals surface area contributed by atoms with Crippen molar-refractivity contribution in [3.8, 4) is 0 Å². The minimum Gasteiger partial charge on any atom is -0.396 e. The second kappa shape index (κ2) is 5.67. The maximum atomic E-state index is 13.8. The fraction of sp³-hybridized carbons (Fsp3) is 0. The maximum Gasteiger partial charge on any atom is 0.264 e. The Kier molecular flexibility index (Phi) is 4.27. The Balaban J connectivity index is 2.51. The summed E-state index contributed by atoms with van der Waals surface area (Å²) in [6.07, 6.45) is 0. The number of hydrogen-bond acceptors (Lipinski definition) is 3. The lowest BCUT2D eigenvalue weighted by Crippen LogP contribution is -2.16. The highest BCUT2D eigenvalue weighted by Crippen LogP contribution is 2.29. The molecule has 2 rings (SSSR count). The van der Waals surface area contributed by atoms with Gasteiger partial charge in [-0.25, -0.2) is 17.2 Å². The van der Waals surface area contributed by atoms with Gasteiger partial charge in [-0.1, -0.05) is 23.2 Å². The van der Waals surface area contributed by atoms with Gasteiger partial charge in [-0.05, 0) is 30.3 Å². The molecule has 112 valence electrons. The summed E-state index contributed by atoms with van der Waals surface area (Å²) in [6, 6.07) is 5.05. The van der Waals surface area contributed by atoms with Crippen LogP contribution in [-0.2, 0) is 10.0 Å². The molecule has 0 atom stereocenters. The second-order valence-corrected chi connectivity index (χ2v) is 6.53. The highest BCUT2D eigenvalue weighted by molar-refractivity contribution is 7.92. The first-order valence-electron chi connectivity index (χ1n) is 5.43. The quantitative estimate of drug-likeness (QED) is 0.828. The fourth-order valence-corrected chi connectivity index (χ4v) is 3.27.